The summed E-state index contributed by atoms with van der Waals surface area (Å²) in [4.78, 5) is 1.38. The molecule has 108 valence electrons. The van der Waals surface area contributed by atoms with Crippen molar-refractivity contribution >= 4 is 23.4 Å². The van der Waals surface area contributed by atoms with E-state index in [1.807, 2.05) is 23.9 Å². The number of methoxy groups -OCH3 is 1. The van der Waals surface area contributed by atoms with Gasteiger partial charge in [0.1, 0.15) is 5.75 Å². The minimum absolute atomic E-state index is 0.494. The molecule has 1 aliphatic heterocycles. The lowest BCUT2D eigenvalue weighted by molar-refractivity contribution is 0.415. The Morgan fingerprint density at radius 2 is 1.71 bits per heavy atom. The van der Waals surface area contributed by atoms with E-state index >= 15 is 0 Å². The van der Waals surface area contributed by atoms with Crippen molar-refractivity contribution in [3.8, 4) is 5.75 Å². The van der Waals surface area contributed by atoms with Crippen molar-refractivity contribution in [1.29, 1.82) is 0 Å². The highest BCUT2D eigenvalue weighted by Gasteiger charge is 2.25. The molecule has 0 saturated carbocycles. The number of ether oxygens (including phenoxy) is 1. The molecule has 2 aromatic carbocycles. The first-order valence-corrected chi connectivity index (χ1v) is 8.18. The van der Waals surface area contributed by atoms with Gasteiger partial charge in [-0.05, 0) is 46.9 Å². The number of hydrogen-bond acceptors (Lipinski definition) is 2. The maximum absolute atomic E-state index is 5.26. The van der Waals surface area contributed by atoms with Gasteiger partial charge >= 0.3 is 0 Å². The normalized spacial score (nSPS) is 17.3. The molecule has 0 saturated heterocycles. The summed E-state index contributed by atoms with van der Waals surface area (Å²) >= 11 is 1.98. The molecule has 0 radical (unpaired) electrons. The van der Waals surface area contributed by atoms with Crippen molar-refractivity contribution in [2.75, 3.05) is 7.11 Å². The van der Waals surface area contributed by atoms with Crippen molar-refractivity contribution in [2.45, 2.75) is 24.0 Å². The van der Waals surface area contributed by atoms with Gasteiger partial charge in [-0.25, -0.2) is 0 Å². The lowest BCUT2D eigenvalue weighted by Crippen LogP contribution is -2.16. The lowest BCUT2D eigenvalue weighted by atomic mass is 9.93. The first-order valence-electron chi connectivity index (χ1n) is 7.30. The SMILES string of the molecule is COc1ccc(C2=Cc3ccccc3SC2C(C)C)cc1. The molecule has 1 unspecified atom stereocenters. The van der Waals surface area contributed by atoms with Crippen molar-refractivity contribution < 1.29 is 4.74 Å². The predicted molar refractivity (Wildman–Crippen MR) is 91.8 cm³/mol. The molecule has 0 amide bonds. The molecule has 2 heteroatoms. The zero-order chi connectivity index (χ0) is 14.8. The summed E-state index contributed by atoms with van der Waals surface area (Å²) in [6, 6.07) is 17.0. The minimum Gasteiger partial charge on any atom is -0.497 e. The van der Waals surface area contributed by atoms with E-state index < -0.39 is 0 Å². The molecule has 1 heterocycles. The smallest absolute Gasteiger partial charge is 0.118 e. The molecule has 0 N–H and O–H groups in total. The molecule has 0 aromatic heterocycles. The van der Waals surface area contributed by atoms with Crippen LogP contribution in [0, 0.1) is 5.92 Å². The monoisotopic (exact) mass is 296 g/mol. The summed E-state index contributed by atoms with van der Waals surface area (Å²) in [5.74, 6) is 1.50. The molecule has 1 aliphatic rings. The maximum atomic E-state index is 5.26. The van der Waals surface area contributed by atoms with Gasteiger partial charge in [0, 0.05) is 10.1 Å². The second-order valence-corrected chi connectivity index (χ2v) is 6.83. The average Bonchev–Trinajstić information content (AvgIpc) is 2.53. The van der Waals surface area contributed by atoms with E-state index in [9.17, 15) is 0 Å². The first kappa shape index (κ1) is 14.3. The predicted octanol–water partition coefficient (Wildman–Crippen LogP) is 5.37. The first-order chi connectivity index (χ1) is 10.2. The molecule has 3 rings (SSSR count). The molecule has 0 bridgehead atoms. The van der Waals surface area contributed by atoms with E-state index in [-0.39, 0.29) is 0 Å². The summed E-state index contributed by atoms with van der Waals surface area (Å²) < 4.78 is 5.26. The van der Waals surface area contributed by atoms with E-state index in [1.54, 1.807) is 7.11 Å². The fourth-order valence-corrected chi connectivity index (χ4v) is 3.98. The van der Waals surface area contributed by atoms with Gasteiger partial charge in [0.25, 0.3) is 0 Å². The summed E-state index contributed by atoms with van der Waals surface area (Å²) in [5.41, 5.74) is 4.03. The third kappa shape index (κ3) is 2.86. The number of fused-ring (bicyclic) bond motifs is 1. The summed E-state index contributed by atoms with van der Waals surface area (Å²) in [6.07, 6.45) is 2.35. The Bertz CT molecular complexity index is 656. The van der Waals surface area contributed by atoms with E-state index in [4.69, 9.17) is 4.74 Å². The van der Waals surface area contributed by atoms with Crippen LogP contribution in [-0.2, 0) is 0 Å². The van der Waals surface area contributed by atoms with E-state index in [0.29, 0.717) is 11.2 Å². The largest absolute Gasteiger partial charge is 0.497 e. The molecular formula is C19H20OS. The van der Waals surface area contributed by atoms with Crippen LogP contribution in [0.4, 0.5) is 0 Å². The summed E-state index contributed by atoms with van der Waals surface area (Å²) in [6.45, 7) is 4.59. The van der Waals surface area contributed by atoms with Crippen LogP contribution in [0.5, 0.6) is 5.75 Å². The van der Waals surface area contributed by atoms with Gasteiger partial charge in [0.15, 0.2) is 0 Å². The molecule has 0 aliphatic carbocycles. The van der Waals surface area contributed by atoms with Gasteiger partial charge in [-0.1, -0.05) is 44.2 Å². The Hall–Kier alpha value is -1.67. The second kappa shape index (κ2) is 5.98. The van der Waals surface area contributed by atoms with Gasteiger partial charge in [-0.15, -0.1) is 11.8 Å². The number of rotatable bonds is 3. The molecule has 1 atom stereocenters. The Labute approximate surface area is 131 Å². The fraction of sp³-hybridized carbons (Fsp3) is 0.263. The van der Waals surface area contributed by atoms with Crippen LogP contribution in [0.15, 0.2) is 53.4 Å². The third-order valence-electron chi connectivity index (χ3n) is 3.82. The maximum Gasteiger partial charge on any atom is 0.118 e. The van der Waals surface area contributed by atoms with Gasteiger partial charge < -0.3 is 4.74 Å². The van der Waals surface area contributed by atoms with E-state index in [2.05, 4.69) is 56.3 Å². The van der Waals surface area contributed by atoms with Crippen LogP contribution in [0.25, 0.3) is 11.6 Å². The fourth-order valence-electron chi connectivity index (χ4n) is 2.68. The van der Waals surface area contributed by atoms with E-state index in [0.717, 1.165) is 5.75 Å². The Balaban J connectivity index is 2.05. The quantitative estimate of drug-likeness (QED) is 0.753. The van der Waals surface area contributed by atoms with Crippen molar-refractivity contribution in [2.24, 2.45) is 5.92 Å². The molecule has 0 spiro atoms. The van der Waals surface area contributed by atoms with Crippen LogP contribution in [0.3, 0.4) is 0 Å². The van der Waals surface area contributed by atoms with Crippen LogP contribution in [0.1, 0.15) is 25.0 Å². The zero-order valence-corrected chi connectivity index (χ0v) is 13.5. The van der Waals surface area contributed by atoms with Crippen LogP contribution >= 0.6 is 11.8 Å². The van der Waals surface area contributed by atoms with Crippen molar-refractivity contribution in [3.05, 3.63) is 59.7 Å². The highest BCUT2D eigenvalue weighted by Crippen LogP contribution is 2.44. The summed E-state index contributed by atoms with van der Waals surface area (Å²) in [7, 11) is 1.71. The average molecular weight is 296 g/mol. The zero-order valence-electron chi connectivity index (χ0n) is 12.7. The van der Waals surface area contributed by atoms with Crippen LogP contribution < -0.4 is 4.74 Å². The summed E-state index contributed by atoms with van der Waals surface area (Å²) in [5, 5.41) is 0.494. The molecular weight excluding hydrogens is 276 g/mol. The highest BCUT2D eigenvalue weighted by molar-refractivity contribution is 8.00. The standard InChI is InChI=1S/C19H20OS/c1-13(2)19-17(14-8-10-16(20-3)11-9-14)12-15-6-4-5-7-18(15)21-19/h4-13,19H,1-3H3. The van der Waals surface area contributed by atoms with Crippen LogP contribution in [-0.4, -0.2) is 12.4 Å². The van der Waals surface area contributed by atoms with E-state index in [1.165, 1.54) is 21.6 Å². The van der Waals surface area contributed by atoms with Gasteiger partial charge in [0.2, 0.25) is 0 Å². The van der Waals surface area contributed by atoms with Gasteiger partial charge in [-0.3, -0.25) is 0 Å². The molecule has 1 nitrogen and oxygen atoms in total. The Morgan fingerprint density at radius 1 is 1.00 bits per heavy atom. The Morgan fingerprint density at radius 3 is 2.38 bits per heavy atom. The van der Waals surface area contributed by atoms with Crippen molar-refractivity contribution in [3.63, 3.8) is 0 Å². The van der Waals surface area contributed by atoms with Crippen LogP contribution in [0.2, 0.25) is 0 Å². The van der Waals surface area contributed by atoms with Gasteiger partial charge in [0.05, 0.1) is 7.11 Å². The third-order valence-corrected chi connectivity index (χ3v) is 5.50. The molecule has 0 fully saturated rings. The Kier molecular flexibility index (Phi) is 4.07. The number of benzene rings is 2. The molecule has 21 heavy (non-hydrogen) atoms. The molecule has 2 aromatic rings. The number of thioether (sulfide) groups is 1. The minimum atomic E-state index is 0.494. The topological polar surface area (TPSA) is 9.23 Å². The van der Waals surface area contributed by atoms with Crippen molar-refractivity contribution in [1.82, 2.24) is 0 Å². The second-order valence-electron chi connectivity index (χ2n) is 5.65. The lowest BCUT2D eigenvalue weighted by Gasteiger charge is -2.29. The number of hydrogen-bond donors (Lipinski definition) is 0. The van der Waals surface area contributed by atoms with Gasteiger partial charge in [-0.2, -0.15) is 0 Å². The highest BCUT2D eigenvalue weighted by atomic mass is 32.2.